The van der Waals surface area contributed by atoms with Gasteiger partial charge < -0.3 is 10.3 Å². The molecule has 120 valence electrons. The molecule has 1 aromatic heterocycles. The summed E-state index contributed by atoms with van der Waals surface area (Å²) < 4.78 is 28.8. The number of halogens is 2. The van der Waals surface area contributed by atoms with Crippen LogP contribution < -0.4 is 5.73 Å². The predicted octanol–water partition coefficient (Wildman–Crippen LogP) is 4.05. The summed E-state index contributed by atoms with van der Waals surface area (Å²) in [5.41, 5.74) is 10.2. The number of rotatable bonds is 4. The van der Waals surface area contributed by atoms with Crippen molar-refractivity contribution >= 4 is 10.9 Å². The van der Waals surface area contributed by atoms with E-state index in [1.165, 1.54) is 34.3 Å². The van der Waals surface area contributed by atoms with Crippen molar-refractivity contribution in [2.24, 2.45) is 12.8 Å². The van der Waals surface area contributed by atoms with Gasteiger partial charge in [-0.15, -0.1) is 0 Å². The maximum Gasteiger partial charge on any atom is 0.159 e. The molecule has 0 aliphatic heterocycles. The Labute approximate surface area is 134 Å². The van der Waals surface area contributed by atoms with E-state index in [0.29, 0.717) is 13.0 Å². The quantitative estimate of drug-likeness (QED) is 0.774. The van der Waals surface area contributed by atoms with Gasteiger partial charge in [0.25, 0.3) is 0 Å². The van der Waals surface area contributed by atoms with Crippen LogP contribution in [0.25, 0.3) is 10.9 Å². The second-order valence-corrected chi connectivity index (χ2v) is 5.95. The Morgan fingerprint density at radius 3 is 2.52 bits per heavy atom. The highest BCUT2D eigenvalue weighted by Crippen LogP contribution is 2.30. The molecule has 0 saturated heterocycles. The fourth-order valence-corrected chi connectivity index (χ4v) is 3.21. The van der Waals surface area contributed by atoms with Gasteiger partial charge in [0.05, 0.1) is 0 Å². The number of aryl methyl sites for hydroxylation is 1. The zero-order valence-corrected chi connectivity index (χ0v) is 13.3. The summed E-state index contributed by atoms with van der Waals surface area (Å²) in [5, 5.41) is 1.19. The van der Waals surface area contributed by atoms with E-state index < -0.39 is 11.6 Å². The van der Waals surface area contributed by atoms with Gasteiger partial charge in [0, 0.05) is 29.6 Å². The molecule has 0 saturated carbocycles. The molecule has 23 heavy (non-hydrogen) atoms. The Kier molecular flexibility index (Phi) is 4.18. The average Bonchev–Trinajstić information content (AvgIpc) is 2.80. The molecule has 1 atom stereocenters. The van der Waals surface area contributed by atoms with Crippen LogP contribution in [0.4, 0.5) is 8.78 Å². The lowest BCUT2D eigenvalue weighted by Crippen LogP contribution is -2.16. The highest BCUT2D eigenvalue weighted by atomic mass is 19.2. The molecule has 0 bridgehead atoms. The van der Waals surface area contributed by atoms with E-state index in [9.17, 15) is 8.78 Å². The lowest BCUT2D eigenvalue weighted by molar-refractivity contribution is 0.505. The third kappa shape index (κ3) is 2.75. The number of hydrogen-bond donors (Lipinski definition) is 1. The summed E-state index contributed by atoms with van der Waals surface area (Å²) in [5.74, 6) is -1.70. The van der Waals surface area contributed by atoms with Crippen LogP contribution in [0.1, 0.15) is 22.7 Å². The van der Waals surface area contributed by atoms with Crippen molar-refractivity contribution in [3.63, 3.8) is 0 Å². The SMILES string of the molecule is Cc1c(CC(CN)c2ccc(F)c(F)c2)c2ccccc2n1C. The Morgan fingerprint density at radius 1 is 1.09 bits per heavy atom. The van der Waals surface area contributed by atoms with Crippen LogP contribution >= 0.6 is 0 Å². The summed E-state index contributed by atoms with van der Waals surface area (Å²) in [7, 11) is 2.04. The minimum atomic E-state index is -0.828. The number of aromatic nitrogens is 1. The number of hydrogen-bond acceptors (Lipinski definition) is 1. The van der Waals surface area contributed by atoms with Crippen molar-refractivity contribution in [2.75, 3.05) is 6.54 Å². The minimum Gasteiger partial charge on any atom is -0.348 e. The second kappa shape index (κ2) is 6.13. The van der Waals surface area contributed by atoms with Crippen molar-refractivity contribution in [1.82, 2.24) is 4.57 Å². The van der Waals surface area contributed by atoms with Crippen LogP contribution in [-0.4, -0.2) is 11.1 Å². The first-order chi connectivity index (χ1) is 11.0. The molecule has 0 radical (unpaired) electrons. The maximum absolute atomic E-state index is 13.5. The highest BCUT2D eigenvalue weighted by Gasteiger charge is 2.18. The lowest BCUT2D eigenvalue weighted by Gasteiger charge is -2.16. The van der Waals surface area contributed by atoms with Crippen molar-refractivity contribution < 1.29 is 8.78 Å². The molecular weight excluding hydrogens is 294 g/mol. The number of benzene rings is 2. The molecule has 2 N–H and O–H groups in total. The Balaban J connectivity index is 2.02. The van der Waals surface area contributed by atoms with Gasteiger partial charge in [-0.3, -0.25) is 0 Å². The van der Waals surface area contributed by atoms with Gasteiger partial charge in [-0.2, -0.15) is 0 Å². The van der Waals surface area contributed by atoms with Crippen LogP contribution in [0.2, 0.25) is 0 Å². The van der Waals surface area contributed by atoms with Crippen LogP contribution in [-0.2, 0) is 13.5 Å². The van der Waals surface area contributed by atoms with Crippen molar-refractivity contribution in [3.8, 4) is 0 Å². The van der Waals surface area contributed by atoms with Crippen molar-refractivity contribution in [1.29, 1.82) is 0 Å². The Hall–Kier alpha value is -2.20. The Bertz CT molecular complexity index is 852. The first-order valence-electron chi connectivity index (χ1n) is 7.70. The third-order valence-electron chi connectivity index (χ3n) is 4.68. The maximum atomic E-state index is 13.5. The second-order valence-electron chi connectivity index (χ2n) is 5.95. The number of nitrogens with zero attached hydrogens (tertiary/aromatic N) is 1. The summed E-state index contributed by atoms with van der Waals surface area (Å²) in [6.45, 7) is 2.46. The molecule has 0 aliphatic carbocycles. The van der Waals surface area contributed by atoms with Gasteiger partial charge in [0.2, 0.25) is 0 Å². The number of fused-ring (bicyclic) bond motifs is 1. The van der Waals surface area contributed by atoms with E-state index in [4.69, 9.17) is 5.73 Å². The first-order valence-corrected chi connectivity index (χ1v) is 7.70. The molecule has 1 unspecified atom stereocenters. The average molecular weight is 314 g/mol. The highest BCUT2D eigenvalue weighted by molar-refractivity contribution is 5.85. The standard InChI is InChI=1S/C19H20F2N2/c1-12-16(15-5-3-4-6-19(15)23(12)2)9-14(11-22)13-7-8-17(20)18(21)10-13/h3-8,10,14H,9,11,22H2,1-2H3. The van der Waals surface area contributed by atoms with E-state index in [1.807, 2.05) is 19.2 Å². The number of nitrogens with two attached hydrogens (primary N) is 1. The topological polar surface area (TPSA) is 30.9 Å². The van der Waals surface area contributed by atoms with E-state index in [1.54, 1.807) is 6.07 Å². The monoisotopic (exact) mass is 314 g/mol. The largest absolute Gasteiger partial charge is 0.348 e. The molecule has 1 heterocycles. The summed E-state index contributed by atoms with van der Waals surface area (Å²) in [6.07, 6.45) is 0.703. The fourth-order valence-electron chi connectivity index (χ4n) is 3.21. The van der Waals surface area contributed by atoms with E-state index in [-0.39, 0.29) is 5.92 Å². The predicted molar refractivity (Wildman–Crippen MR) is 89.5 cm³/mol. The fraction of sp³-hybridized carbons (Fsp3) is 0.263. The molecule has 2 nitrogen and oxygen atoms in total. The van der Waals surface area contributed by atoms with Crippen LogP contribution in [0.5, 0.6) is 0 Å². The van der Waals surface area contributed by atoms with Gasteiger partial charge in [-0.05, 0) is 49.2 Å². The Morgan fingerprint density at radius 2 is 1.83 bits per heavy atom. The number of para-hydroxylation sites is 1. The molecule has 0 fully saturated rings. The zero-order chi connectivity index (χ0) is 16.6. The lowest BCUT2D eigenvalue weighted by atomic mass is 9.90. The molecule has 0 aliphatic rings. The first kappa shape index (κ1) is 15.7. The van der Waals surface area contributed by atoms with Gasteiger partial charge in [-0.25, -0.2) is 8.78 Å². The van der Waals surface area contributed by atoms with Gasteiger partial charge >= 0.3 is 0 Å². The molecule has 2 aromatic carbocycles. The molecule has 0 spiro atoms. The molecule has 3 rings (SSSR count). The van der Waals surface area contributed by atoms with Crippen LogP contribution in [0, 0.1) is 18.6 Å². The summed E-state index contributed by atoms with van der Waals surface area (Å²) >= 11 is 0. The van der Waals surface area contributed by atoms with Gasteiger partial charge in [-0.1, -0.05) is 24.3 Å². The summed E-state index contributed by atoms with van der Waals surface area (Å²) in [4.78, 5) is 0. The van der Waals surface area contributed by atoms with Crippen molar-refractivity contribution in [2.45, 2.75) is 19.3 Å². The van der Waals surface area contributed by atoms with Gasteiger partial charge in [0.1, 0.15) is 0 Å². The molecular formula is C19H20F2N2. The normalized spacial score (nSPS) is 12.7. The van der Waals surface area contributed by atoms with Crippen molar-refractivity contribution in [3.05, 3.63) is 70.9 Å². The smallest absolute Gasteiger partial charge is 0.159 e. The molecule has 0 amide bonds. The molecule has 3 aromatic rings. The van der Waals surface area contributed by atoms with Crippen LogP contribution in [0.3, 0.4) is 0 Å². The third-order valence-corrected chi connectivity index (χ3v) is 4.68. The van der Waals surface area contributed by atoms with Gasteiger partial charge in [0.15, 0.2) is 11.6 Å². The van der Waals surface area contributed by atoms with E-state index >= 15 is 0 Å². The minimum absolute atomic E-state index is 0.0467. The van der Waals surface area contributed by atoms with E-state index in [2.05, 4.69) is 23.6 Å². The van der Waals surface area contributed by atoms with E-state index in [0.717, 1.165) is 5.56 Å². The van der Waals surface area contributed by atoms with Crippen LogP contribution in [0.15, 0.2) is 42.5 Å². The zero-order valence-electron chi connectivity index (χ0n) is 13.3. The summed E-state index contributed by atoms with van der Waals surface area (Å²) in [6, 6.07) is 12.3. The molecule has 4 heteroatoms.